The predicted molar refractivity (Wildman–Crippen MR) is 103 cm³/mol. The molecule has 0 radical (unpaired) electrons. The number of carbonyl (C=O) groups is 2. The minimum atomic E-state index is -0.692. The van der Waals surface area contributed by atoms with Crippen molar-refractivity contribution in [1.82, 2.24) is 20.2 Å². The fraction of sp³-hybridized carbons (Fsp3) is 0.750. The van der Waals surface area contributed by atoms with Crippen LogP contribution in [0.2, 0.25) is 0 Å². The lowest BCUT2D eigenvalue weighted by molar-refractivity contribution is -0.129. The third kappa shape index (κ3) is 5.54. The molecule has 2 aliphatic rings. The molecule has 8 heteroatoms. The highest BCUT2D eigenvalue weighted by Gasteiger charge is 2.34. The minimum absolute atomic E-state index is 0.0166. The van der Waals surface area contributed by atoms with Crippen molar-refractivity contribution in [1.29, 1.82) is 0 Å². The molecule has 2 amide bonds. The average molecular weight is 393 g/mol. The molecule has 1 saturated carbocycles. The monoisotopic (exact) mass is 392 g/mol. The summed E-state index contributed by atoms with van der Waals surface area (Å²) < 4.78 is 7.29. The number of aliphatic hydroxyl groups excluding tert-OH is 1. The molecular weight excluding hydrogens is 360 g/mol. The molecule has 1 aliphatic carbocycles. The molecule has 3 N–H and O–H groups in total. The van der Waals surface area contributed by atoms with Gasteiger partial charge in [0.2, 0.25) is 11.8 Å². The van der Waals surface area contributed by atoms with Gasteiger partial charge in [-0.15, -0.1) is 0 Å². The van der Waals surface area contributed by atoms with Gasteiger partial charge in [-0.2, -0.15) is 0 Å². The number of nitrogens with one attached hydrogen (secondary N) is 2. The van der Waals surface area contributed by atoms with Crippen molar-refractivity contribution >= 4 is 11.8 Å². The number of aliphatic hydroxyl groups is 1. The van der Waals surface area contributed by atoms with Gasteiger partial charge in [0.1, 0.15) is 5.82 Å². The SMILES string of the molecule is CCc1nccn1CCC(=O)N[C@H]1CC[C@H](C(=O)NC2CCOCC2)C[C@@H]1O. The molecule has 0 unspecified atom stereocenters. The number of nitrogens with zero attached hydrogens (tertiary/aromatic N) is 2. The molecule has 0 spiro atoms. The molecule has 156 valence electrons. The number of hydrogen-bond donors (Lipinski definition) is 3. The van der Waals surface area contributed by atoms with Crippen LogP contribution in [-0.4, -0.2) is 57.9 Å². The van der Waals surface area contributed by atoms with Crippen molar-refractivity contribution in [3.05, 3.63) is 18.2 Å². The second-order valence-corrected chi connectivity index (χ2v) is 7.79. The molecule has 0 bridgehead atoms. The van der Waals surface area contributed by atoms with Crippen LogP contribution in [0.5, 0.6) is 0 Å². The van der Waals surface area contributed by atoms with Gasteiger partial charge in [-0.25, -0.2) is 4.98 Å². The van der Waals surface area contributed by atoms with Crippen molar-refractivity contribution in [3.8, 4) is 0 Å². The summed E-state index contributed by atoms with van der Waals surface area (Å²) in [5.41, 5.74) is 0. The molecular formula is C20H32N4O4. The molecule has 3 atom stereocenters. The molecule has 8 nitrogen and oxygen atoms in total. The molecule has 1 aliphatic heterocycles. The van der Waals surface area contributed by atoms with Gasteiger partial charge < -0.3 is 25.0 Å². The van der Waals surface area contributed by atoms with E-state index in [1.54, 1.807) is 6.20 Å². The van der Waals surface area contributed by atoms with E-state index in [4.69, 9.17) is 4.74 Å². The molecule has 28 heavy (non-hydrogen) atoms. The Labute approximate surface area is 166 Å². The molecule has 1 saturated heterocycles. The number of amides is 2. The van der Waals surface area contributed by atoms with E-state index in [1.807, 2.05) is 17.7 Å². The van der Waals surface area contributed by atoms with E-state index in [1.165, 1.54) is 0 Å². The van der Waals surface area contributed by atoms with Crippen molar-refractivity contribution < 1.29 is 19.4 Å². The largest absolute Gasteiger partial charge is 0.391 e. The highest BCUT2D eigenvalue weighted by atomic mass is 16.5. The Hall–Kier alpha value is -1.93. The molecule has 0 aromatic carbocycles. The Morgan fingerprint density at radius 1 is 1.25 bits per heavy atom. The maximum absolute atomic E-state index is 12.5. The third-order valence-corrected chi connectivity index (χ3v) is 5.80. The van der Waals surface area contributed by atoms with Gasteiger partial charge in [-0.05, 0) is 32.1 Å². The van der Waals surface area contributed by atoms with Crippen LogP contribution in [0, 0.1) is 5.92 Å². The summed E-state index contributed by atoms with van der Waals surface area (Å²) in [7, 11) is 0. The van der Waals surface area contributed by atoms with E-state index >= 15 is 0 Å². The smallest absolute Gasteiger partial charge is 0.223 e. The first kappa shape index (κ1) is 20.8. The zero-order chi connectivity index (χ0) is 19.9. The molecule has 1 aromatic rings. The van der Waals surface area contributed by atoms with Crippen LogP contribution in [0.15, 0.2) is 12.4 Å². The number of carbonyl (C=O) groups excluding carboxylic acids is 2. The topological polar surface area (TPSA) is 105 Å². The van der Waals surface area contributed by atoms with Gasteiger partial charge in [0.15, 0.2) is 0 Å². The van der Waals surface area contributed by atoms with Crippen molar-refractivity contribution in [2.75, 3.05) is 13.2 Å². The maximum Gasteiger partial charge on any atom is 0.223 e. The Morgan fingerprint density at radius 2 is 2.04 bits per heavy atom. The first-order valence-electron chi connectivity index (χ1n) is 10.4. The van der Waals surface area contributed by atoms with E-state index in [0.717, 1.165) is 25.1 Å². The lowest BCUT2D eigenvalue weighted by Gasteiger charge is -2.34. The lowest BCUT2D eigenvalue weighted by atomic mass is 9.83. The number of rotatable bonds is 7. The number of aryl methyl sites for hydroxylation is 2. The summed E-state index contributed by atoms with van der Waals surface area (Å²) in [6.07, 6.45) is 7.48. The summed E-state index contributed by atoms with van der Waals surface area (Å²) in [5.74, 6) is 0.709. The summed E-state index contributed by atoms with van der Waals surface area (Å²) in [4.78, 5) is 29.0. The second-order valence-electron chi connectivity index (χ2n) is 7.79. The van der Waals surface area contributed by atoms with Gasteiger partial charge in [-0.3, -0.25) is 9.59 Å². The standard InChI is InChI=1S/C20H32N4O4/c1-2-18-21-8-10-24(18)9-5-19(26)23-16-4-3-14(13-17(16)25)20(27)22-15-6-11-28-12-7-15/h8,10,14-17,25H,2-7,9,11-13H2,1H3,(H,22,27)(H,23,26)/t14-,16-,17-/m0/s1. The van der Waals surface area contributed by atoms with Crippen LogP contribution in [0.4, 0.5) is 0 Å². The van der Waals surface area contributed by atoms with E-state index in [-0.39, 0.29) is 29.8 Å². The van der Waals surface area contributed by atoms with E-state index < -0.39 is 6.10 Å². The maximum atomic E-state index is 12.5. The van der Waals surface area contributed by atoms with Crippen LogP contribution in [0.3, 0.4) is 0 Å². The van der Waals surface area contributed by atoms with Gasteiger partial charge in [0.25, 0.3) is 0 Å². The minimum Gasteiger partial charge on any atom is -0.391 e. The number of imidazole rings is 1. The fourth-order valence-electron chi connectivity index (χ4n) is 4.07. The first-order valence-corrected chi connectivity index (χ1v) is 10.4. The molecule has 3 rings (SSSR count). The van der Waals surface area contributed by atoms with E-state index in [0.29, 0.717) is 45.4 Å². The highest BCUT2D eigenvalue weighted by Crippen LogP contribution is 2.25. The Kier molecular flexibility index (Phi) is 7.44. The van der Waals surface area contributed by atoms with Gasteiger partial charge in [0, 0.05) is 57.0 Å². The molecule has 1 aromatic heterocycles. The van der Waals surface area contributed by atoms with E-state index in [2.05, 4.69) is 15.6 Å². The first-order chi connectivity index (χ1) is 13.6. The third-order valence-electron chi connectivity index (χ3n) is 5.80. The summed E-state index contributed by atoms with van der Waals surface area (Å²) in [6, 6.07) is -0.111. The predicted octanol–water partition coefficient (Wildman–Crippen LogP) is 0.777. The van der Waals surface area contributed by atoms with Crippen LogP contribution in [0.1, 0.15) is 51.3 Å². The van der Waals surface area contributed by atoms with Crippen LogP contribution in [-0.2, 0) is 27.3 Å². The number of aromatic nitrogens is 2. The summed E-state index contributed by atoms with van der Waals surface area (Å²) in [6.45, 7) is 3.98. The quantitative estimate of drug-likeness (QED) is 0.636. The summed E-state index contributed by atoms with van der Waals surface area (Å²) >= 11 is 0. The zero-order valence-corrected chi connectivity index (χ0v) is 16.6. The Morgan fingerprint density at radius 3 is 2.75 bits per heavy atom. The second kappa shape index (κ2) is 10.0. The molecule has 2 fully saturated rings. The Bertz CT molecular complexity index is 656. The van der Waals surface area contributed by atoms with Crippen molar-refractivity contribution in [2.24, 2.45) is 5.92 Å². The average Bonchev–Trinajstić information content (AvgIpc) is 3.16. The normalized spacial score (nSPS) is 26.0. The van der Waals surface area contributed by atoms with Gasteiger partial charge in [-0.1, -0.05) is 6.92 Å². The Balaban J connectivity index is 1.40. The van der Waals surface area contributed by atoms with Gasteiger partial charge >= 0.3 is 0 Å². The number of ether oxygens (including phenoxy) is 1. The molecule has 2 heterocycles. The van der Waals surface area contributed by atoms with Crippen LogP contribution in [0.25, 0.3) is 0 Å². The van der Waals surface area contributed by atoms with Crippen LogP contribution < -0.4 is 10.6 Å². The highest BCUT2D eigenvalue weighted by molar-refractivity contribution is 5.79. The summed E-state index contributed by atoms with van der Waals surface area (Å²) in [5, 5.41) is 16.5. The van der Waals surface area contributed by atoms with Crippen LogP contribution >= 0.6 is 0 Å². The zero-order valence-electron chi connectivity index (χ0n) is 16.6. The number of hydrogen-bond acceptors (Lipinski definition) is 5. The van der Waals surface area contributed by atoms with E-state index in [9.17, 15) is 14.7 Å². The van der Waals surface area contributed by atoms with Crippen molar-refractivity contribution in [3.63, 3.8) is 0 Å². The van der Waals surface area contributed by atoms with Gasteiger partial charge in [0.05, 0.1) is 12.1 Å². The lowest BCUT2D eigenvalue weighted by Crippen LogP contribution is -2.50. The van der Waals surface area contributed by atoms with Crippen molar-refractivity contribution in [2.45, 2.75) is 76.6 Å². The fourth-order valence-corrected chi connectivity index (χ4v) is 4.07.